The second kappa shape index (κ2) is 6.26. The van der Waals surface area contributed by atoms with Crippen molar-refractivity contribution in [3.8, 4) is 0 Å². The van der Waals surface area contributed by atoms with E-state index in [-0.39, 0.29) is 18.4 Å². The first kappa shape index (κ1) is 14.2. The van der Waals surface area contributed by atoms with E-state index in [0.29, 0.717) is 19.1 Å². The van der Waals surface area contributed by atoms with Gasteiger partial charge in [-0.05, 0) is 43.9 Å². The Balaban J connectivity index is 1.73. The van der Waals surface area contributed by atoms with Gasteiger partial charge in [0.1, 0.15) is 0 Å². The molecule has 1 aliphatic heterocycles. The normalized spacial score (nSPS) is 31.2. The zero-order valence-corrected chi connectivity index (χ0v) is 11.6. The molecule has 2 N–H and O–H groups in total. The summed E-state index contributed by atoms with van der Waals surface area (Å²) in [5.41, 5.74) is 0. The lowest BCUT2D eigenvalue weighted by Gasteiger charge is -2.28. The van der Waals surface area contributed by atoms with Gasteiger partial charge in [0.2, 0.25) is 0 Å². The first-order chi connectivity index (χ1) is 9.04. The van der Waals surface area contributed by atoms with Crippen LogP contribution in [0.2, 0.25) is 0 Å². The lowest BCUT2D eigenvalue weighted by Crippen LogP contribution is -2.45. The highest BCUT2D eigenvalue weighted by atomic mass is 16.4. The molecule has 0 spiro atoms. The number of hydrogen-bond acceptors (Lipinski definition) is 2. The summed E-state index contributed by atoms with van der Waals surface area (Å²) in [4.78, 5) is 24.5. The van der Waals surface area contributed by atoms with Crippen LogP contribution in [0, 0.1) is 11.8 Å². The Hall–Kier alpha value is -1.26. The highest BCUT2D eigenvalue weighted by Crippen LogP contribution is 2.24. The van der Waals surface area contributed by atoms with Crippen LogP contribution in [0.4, 0.5) is 4.79 Å². The number of carboxylic acid groups (broad SMARTS) is 1. The number of rotatable bonds is 3. The van der Waals surface area contributed by atoms with Crippen LogP contribution in [-0.4, -0.2) is 41.1 Å². The van der Waals surface area contributed by atoms with Crippen molar-refractivity contribution in [2.45, 2.75) is 51.5 Å². The maximum absolute atomic E-state index is 12.1. The lowest BCUT2D eigenvalue weighted by atomic mass is 9.87. The van der Waals surface area contributed by atoms with Crippen LogP contribution in [-0.2, 0) is 4.79 Å². The predicted octanol–water partition coefficient (Wildman–Crippen LogP) is 2.07. The lowest BCUT2D eigenvalue weighted by molar-refractivity contribution is -0.138. The summed E-state index contributed by atoms with van der Waals surface area (Å²) in [7, 11) is 0. The molecule has 0 aromatic heterocycles. The van der Waals surface area contributed by atoms with E-state index in [1.807, 2.05) is 0 Å². The summed E-state index contributed by atoms with van der Waals surface area (Å²) in [6.45, 7) is 3.53. The fourth-order valence-electron chi connectivity index (χ4n) is 3.10. The molecule has 1 aliphatic carbocycles. The molecule has 0 aromatic carbocycles. The molecule has 0 radical (unpaired) electrons. The number of urea groups is 1. The summed E-state index contributed by atoms with van der Waals surface area (Å²) in [5, 5.41) is 11.9. The first-order valence-electron chi connectivity index (χ1n) is 7.32. The number of nitrogens with zero attached hydrogens (tertiary/aromatic N) is 1. The maximum Gasteiger partial charge on any atom is 0.317 e. The van der Waals surface area contributed by atoms with Crippen LogP contribution >= 0.6 is 0 Å². The molecule has 5 nitrogen and oxygen atoms in total. The molecule has 1 saturated heterocycles. The van der Waals surface area contributed by atoms with Gasteiger partial charge >= 0.3 is 12.0 Å². The molecule has 1 saturated carbocycles. The van der Waals surface area contributed by atoms with Gasteiger partial charge in [0.15, 0.2) is 0 Å². The van der Waals surface area contributed by atoms with Gasteiger partial charge in [-0.25, -0.2) is 4.79 Å². The van der Waals surface area contributed by atoms with Crippen LogP contribution in [0.25, 0.3) is 0 Å². The van der Waals surface area contributed by atoms with E-state index in [9.17, 15) is 9.59 Å². The van der Waals surface area contributed by atoms with Crippen molar-refractivity contribution < 1.29 is 14.7 Å². The van der Waals surface area contributed by atoms with E-state index in [1.54, 1.807) is 4.90 Å². The Kier molecular flexibility index (Phi) is 4.66. The fraction of sp³-hybridized carbons (Fsp3) is 0.857. The van der Waals surface area contributed by atoms with Crippen molar-refractivity contribution in [3.05, 3.63) is 0 Å². The van der Waals surface area contributed by atoms with Crippen LogP contribution in [0.15, 0.2) is 0 Å². The monoisotopic (exact) mass is 268 g/mol. The molecule has 1 heterocycles. The molecule has 1 unspecified atom stereocenters. The van der Waals surface area contributed by atoms with Gasteiger partial charge in [-0.2, -0.15) is 0 Å². The highest BCUT2D eigenvalue weighted by molar-refractivity contribution is 5.75. The van der Waals surface area contributed by atoms with E-state index in [4.69, 9.17) is 5.11 Å². The average Bonchev–Trinajstić information content (AvgIpc) is 2.80. The summed E-state index contributed by atoms with van der Waals surface area (Å²) >= 11 is 0. The molecule has 2 amide bonds. The summed E-state index contributed by atoms with van der Waals surface area (Å²) < 4.78 is 0. The van der Waals surface area contributed by atoms with Crippen molar-refractivity contribution in [2.75, 3.05) is 13.1 Å². The number of carbonyl (C=O) groups excluding carboxylic acids is 1. The number of hydrogen-bond donors (Lipinski definition) is 2. The molecule has 2 rings (SSSR count). The first-order valence-corrected chi connectivity index (χ1v) is 7.32. The van der Waals surface area contributed by atoms with Gasteiger partial charge in [0.05, 0.1) is 0 Å². The number of amides is 2. The molecule has 0 aromatic rings. The number of nitrogens with one attached hydrogen (secondary N) is 1. The molecule has 5 heteroatoms. The number of likely N-dealkylation sites (tertiary alicyclic amines) is 1. The van der Waals surface area contributed by atoms with Gasteiger partial charge in [-0.15, -0.1) is 0 Å². The van der Waals surface area contributed by atoms with Gasteiger partial charge in [0, 0.05) is 25.6 Å². The van der Waals surface area contributed by atoms with Crippen molar-refractivity contribution in [1.29, 1.82) is 0 Å². The van der Waals surface area contributed by atoms with Crippen LogP contribution in [0.1, 0.15) is 45.4 Å². The molecule has 108 valence electrons. The van der Waals surface area contributed by atoms with E-state index >= 15 is 0 Å². The SMILES string of the molecule is CC1CCC(NC(=O)N2CCC(CC(=O)O)C2)CC1. The van der Waals surface area contributed by atoms with Crippen LogP contribution in [0.5, 0.6) is 0 Å². The average molecular weight is 268 g/mol. The number of aliphatic carboxylic acids is 1. The third-order valence-electron chi connectivity index (χ3n) is 4.38. The molecule has 19 heavy (non-hydrogen) atoms. The Labute approximate surface area is 114 Å². The van der Waals surface area contributed by atoms with Crippen molar-refractivity contribution >= 4 is 12.0 Å². The minimum atomic E-state index is -0.770. The summed E-state index contributed by atoms with van der Waals surface area (Å²) in [6, 6.07) is 0.301. The third-order valence-corrected chi connectivity index (χ3v) is 4.38. The van der Waals surface area contributed by atoms with E-state index < -0.39 is 5.97 Å². The van der Waals surface area contributed by atoms with Crippen LogP contribution < -0.4 is 5.32 Å². The fourth-order valence-corrected chi connectivity index (χ4v) is 3.10. The van der Waals surface area contributed by atoms with Gasteiger partial charge in [-0.3, -0.25) is 4.79 Å². The van der Waals surface area contributed by atoms with E-state index in [2.05, 4.69) is 12.2 Å². The Bertz CT molecular complexity index is 338. The Morgan fingerprint density at radius 2 is 1.89 bits per heavy atom. The summed E-state index contributed by atoms with van der Waals surface area (Å²) in [6.07, 6.45) is 5.49. The highest BCUT2D eigenvalue weighted by Gasteiger charge is 2.29. The number of carbonyl (C=O) groups is 2. The van der Waals surface area contributed by atoms with Crippen molar-refractivity contribution in [2.24, 2.45) is 11.8 Å². The van der Waals surface area contributed by atoms with E-state index in [0.717, 1.165) is 25.2 Å². The quantitative estimate of drug-likeness (QED) is 0.823. The third kappa shape index (κ3) is 4.11. The molecular weight excluding hydrogens is 244 g/mol. The maximum atomic E-state index is 12.1. The minimum absolute atomic E-state index is 0.00700. The van der Waals surface area contributed by atoms with Crippen molar-refractivity contribution in [1.82, 2.24) is 10.2 Å². The zero-order valence-electron chi connectivity index (χ0n) is 11.6. The molecular formula is C14H24N2O3. The zero-order chi connectivity index (χ0) is 13.8. The Morgan fingerprint density at radius 1 is 1.21 bits per heavy atom. The van der Waals surface area contributed by atoms with Gasteiger partial charge in [0.25, 0.3) is 0 Å². The van der Waals surface area contributed by atoms with E-state index in [1.165, 1.54) is 12.8 Å². The predicted molar refractivity (Wildman–Crippen MR) is 71.9 cm³/mol. The molecule has 0 bridgehead atoms. The molecule has 2 aliphatic rings. The summed E-state index contributed by atoms with van der Waals surface area (Å²) in [5.74, 6) is 0.128. The van der Waals surface area contributed by atoms with Crippen LogP contribution in [0.3, 0.4) is 0 Å². The Morgan fingerprint density at radius 3 is 2.53 bits per heavy atom. The standard InChI is InChI=1S/C14H24N2O3/c1-10-2-4-12(5-3-10)15-14(19)16-7-6-11(9-16)8-13(17)18/h10-12H,2-9H2,1H3,(H,15,19)(H,17,18). The van der Waals surface area contributed by atoms with Gasteiger partial charge < -0.3 is 15.3 Å². The molecule has 2 fully saturated rings. The minimum Gasteiger partial charge on any atom is -0.481 e. The smallest absolute Gasteiger partial charge is 0.317 e. The number of carboxylic acids is 1. The van der Waals surface area contributed by atoms with Crippen molar-refractivity contribution in [3.63, 3.8) is 0 Å². The topological polar surface area (TPSA) is 69.6 Å². The largest absolute Gasteiger partial charge is 0.481 e. The second-order valence-electron chi connectivity index (χ2n) is 6.10. The molecule has 1 atom stereocenters. The second-order valence-corrected chi connectivity index (χ2v) is 6.10. The van der Waals surface area contributed by atoms with Gasteiger partial charge in [-0.1, -0.05) is 6.92 Å².